The molecule has 198 valence electrons. The van der Waals surface area contributed by atoms with E-state index in [0.29, 0.717) is 62.8 Å². The smallest absolute Gasteiger partial charge is 0.149 e. The second kappa shape index (κ2) is 12.3. The largest absolute Gasteiger partial charge is 0.388 e. The summed E-state index contributed by atoms with van der Waals surface area (Å²) in [6.07, 6.45) is 6.20. The summed E-state index contributed by atoms with van der Waals surface area (Å²) in [7, 11) is 1.71. The van der Waals surface area contributed by atoms with Gasteiger partial charge >= 0.3 is 0 Å². The maximum atomic E-state index is 14.8. The third kappa shape index (κ3) is 7.12. The van der Waals surface area contributed by atoms with Crippen LogP contribution < -0.4 is 16.0 Å². The lowest BCUT2D eigenvalue weighted by Gasteiger charge is -2.32. The standard InChI is InChI=1S/C27H38F2N4O3/c1-18(16-35-2)32-19-3-5-20(6-4-19)33-26-14-23(25(29)15-30-26)22-13-21(7-8-24(22)28)31-17-27(34)9-11-36-12-10-27/h7-8,13-15,18-20,31-32,34H,3-6,9-12,16-17H2,1-2H3,(H,30,33)/t18-,19-,20-/m1/s1. The Balaban J connectivity index is 1.40. The summed E-state index contributed by atoms with van der Waals surface area (Å²) >= 11 is 0. The van der Waals surface area contributed by atoms with Crippen LogP contribution >= 0.6 is 0 Å². The fraction of sp³-hybridized carbons (Fsp3) is 0.593. The van der Waals surface area contributed by atoms with Gasteiger partial charge in [-0.2, -0.15) is 0 Å². The number of aromatic nitrogens is 1. The average molecular weight is 505 g/mol. The van der Waals surface area contributed by atoms with Gasteiger partial charge in [0.25, 0.3) is 0 Å². The van der Waals surface area contributed by atoms with Crippen LogP contribution in [0, 0.1) is 11.6 Å². The zero-order valence-electron chi connectivity index (χ0n) is 21.2. The van der Waals surface area contributed by atoms with Gasteiger partial charge in [-0.3, -0.25) is 0 Å². The van der Waals surface area contributed by atoms with Crippen molar-refractivity contribution in [3.8, 4) is 11.1 Å². The zero-order chi connectivity index (χ0) is 25.5. The Morgan fingerprint density at radius 3 is 2.50 bits per heavy atom. The molecule has 4 N–H and O–H groups in total. The first-order valence-corrected chi connectivity index (χ1v) is 12.9. The van der Waals surface area contributed by atoms with Crippen LogP contribution in [-0.2, 0) is 9.47 Å². The van der Waals surface area contributed by atoms with E-state index in [1.807, 2.05) is 0 Å². The molecule has 4 rings (SSSR count). The van der Waals surface area contributed by atoms with Gasteiger partial charge in [0.2, 0.25) is 0 Å². The molecule has 2 aliphatic rings. The highest BCUT2D eigenvalue weighted by Gasteiger charge is 2.29. The lowest BCUT2D eigenvalue weighted by Crippen LogP contribution is -2.42. The van der Waals surface area contributed by atoms with Gasteiger partial charge in [0.15, 0.2) is 0 Å². The number of nitrogens with one attached hydrogen (secondary N) is 3. The Kier molecular flexibility index (Phi) is 9.11. The molecule has 0 amide bonds. The second-order valence-electron chi connectivity index (χ2n) is 10.2. The van der Waals surface area contributed by atoms with Crippen molar-refractivity contribution < 1.29 is 23.4 Å². The Labute approximate surface area is 212 Å². The number of hydrogen-bond donors (Lipinski definition) is 4. The first kappa shape index (κ1) is 26.7. The molecule has 2 fully saturated rings. The van der Waals surface area contributed by atoms with Gasteiger partial charge in [-0.1, -0.05) is 0 Å². The molecule has 2 heterocycles. The minimum atomic E-state index is -0.873. The molecule has 1 saturated heterocycles. The molecular formula is C27H38F2N4O3. The van der Waals surface area contributed by atoms with Crippen LogP contribution in [0.4, 0.5) is 20.3 Å². The van der Waals surface area contributed by atoms with Crippen LogP contribution in [0.2, 0.25) is 0 Å². The summed E-state index contributed by atoms with van der Waals surface area (Å²) in [5.41, 5.74) is 0.0528. The van der Waals surface area contributed by atoms with E-state index in [1.165, 1.54) is 6.07 Å². The van der Waals surface area contributed by atoms with Crippen molar-refractivity contribution in [3.05, 3.63) is 42.1 Å². The third-order valence-corrected chi connectivity index (χ3v) is 7.17. The average Bonchev–Trinajstić information content (AvgIpc) is 2.87. The lowest BCUT2D eigenvalue weighted by atomic mass is 9.90. The van der Waals surface area contributed by atoms with Gasteiger partial charge < -0.3 is 30.5 Å². The summed E-state index contributed by atoms with van der Waals surface area (Å²) in [5.74, 6) is -0.567. The maximum absolute atomic E-state index is 14.8. The molecule has 36 heavy (non-hydrogen) atoms. The summed E-state index contributed by atoms with van der Waals surface area (Å²) in [4.78, 5) is 4.21. The number of aliphatic hydroxyl groups is 1. The van der Waals surface area contributed by atoms with Crippen molar-refractivity contribution in [3.63, 3.8) is 0 Å². The number of ether oxygens (including phenoxy) is 2. The van der Waals surface area contributed by atoms with Gasteiger partial charge in [0, 0.05) is 74.6 Å². The molecule has 7 nitrogen and oxygen atoms in total. The molecule has 1 aromatic carbocycles. The van der Waals surface area contributed by atoms with Crippen LogP contribution in [0.15, 0.2) is 30.5 Å². The molecule has 1 aliphatic carbocycles. The zero-order valence-corrected chi connectivity index (χ0v) is 21.2. The Hall–Kier alpha value is -2.33. The highest BCUT2D eigenvalue weighted by molar-refractivity contribution is 5.71. The predicted molar refractivity (Wildman–Crippen MR) is 137 cm³/mol. The van der Waals surface area contributed by atoms with E-state index in [9.17, 15) is 13.9 Å². The van der Waals surface area contributed by atoms with Gasteiger partial charge in [-0.15, -0.1) is 0 Å². The van der Waals surface area contributed by atoms with E-state index in [-0.39, 0.29) is 17.2 Å². The summed E-state index contributed by atoms with van der Waals surface area (Å²) in [5, 5.41) is 20.9. The molecule has 0 bridgehead atoms. The number of anilines is 2. The highest BCUT2D eigenvalue weighted by atomic mass is 19.1. The Bertz CT molecular complexity index is 995. The fourth-order valence-corrected chi connectivity index (χ4v) is 5.07. The SMILES string of the molecule is COC[C@@H](C)N[C@H]1CC[C@H](Nc2cc(-c3cc(NCC4(O)CCOCC4)ccc3F)c(F)cn2)CC1. The monoisotopic (exact) mass is 504 g/mol. The van der Waals surface area contributed by atoms with Gasteiger partial charge in [-0.05, 0) is 56.9 Å². The molecule has 2 aromatic rings. The van der Waals surface area contributed by atoms with E-state index in [2.05, 4.69) is 27.9 Å². The van der Waals surface area contributed by atoms with E-state index >= 15 is 0 Å². The van der Waals surface area contributed by atoms with Crippen molar-refractivity contribution in [1.29, 1.82) is 0 Å². The van der Waals surface area contributed by atoms with Crippen molar-refractivity contribution in [2.75, 3.05) is 44.1 Å². The number of benzene rings is 1. The first-order valence-electron chi connectivity index (χ1n) is 12.9. The van der Waals surface area contributed by atoms with E-state index in [4.69, 9.17) is 9.47 Å². The Morgan fingerprint density at radius 1 is 1.08 bits per heavy atom. The predicted octanol–water partition coefficient (Wildman–Crippen LogP) is 4.33. The second-order valence-corrected chi connectivity index (χ2v) is 10.2. The normalized spacial score (nSPS) is 22.7. The first-order chi connectivity index (χ1) is 17.3. The number of hydrogen-bond acceptors (Lipinski definition) is 7. The number of halogens is 2. The molecule has 1 aromatic heterocycles. The quantitative estimate of drug-likeness (QED) is 0.383. The summed E-state index contributed by atoms with van der Waals surface area (Å²) in [6, 6.07) is 7.06. The maximum Gasteiger partial charge on any atom is 0.149 e. The van der Waals surface area contributed by atoms with Crippen LogP contribution in [0.25, 0.3) is 11.1 Å². The van der Waals surface area contributed by atoms with Gasteiger partial charge in [0.05, 0.1) is 18.4 Å². The molecule has 1 saturated carbocycles. The molecule has 0 radical (unpaired) electrons. The minimum absolute atomic E-state index is 0.155. The van der Waals surface area contributed by atoms with E-state index in [0.717, 1.165) is 31.9 Å². The minimum Gasteiger partial charge on any atom is -0.388 e. The van der Waals surface area contributed by atoms with E-state index < -0.39 is 17.2 Å². The van der Waals surface area contributed by atoms with E-state index in [1.54, 1.807) is 25.3 Å². The topological polar surface area (TPSA) is 87.7 Å². The number of methoxy groups -OCH3 is 1. The third-order valence-electron chi connectivity index (χ3n) is 7.17. The Morgan fingerprint density at radius 2 is 1.78 bits per heavy atom. The van der Waals surface area contributed by atoms with Crippen molar-refractivity contribution in [1.82, 2.24) is 10.3 Å². The molecule has 9 heteroatoms. The highest BCUT2D eigenvalue weighted by Crippen LogP contribution is 2.31. The number of pyridine rings is 1. The molecule has 1 atom stereocenters. The number of rotatable bonds is 10. The number of nitrogens with zero attached hydrogens (tertiary/aromatic N) is 1. The molecule has 0 unspecified atom stereocenters. The lowest BCUT2D eigenvalue weighted by molar-refractivity contribution is -0.0543. The molecular weight excluding hydrogens is 466 g/mol. The van der Waals surface area contributed by atoms with Gasteiger partial charge in [-0.25, -0.2) is 13.8 Å². The summed E-state index contributed by atoms with van der Waals surface area (Å²) in [6.45, 7) is 4.14. The van der Waals surface area contributed by atoms with Crippen molar-refractivity contribution in [2.45, 2.75) is 69.2 Å². The van der Waals surface area contributed by atoms with Crippen LogP contribution in [0.1, 0.15) is 45.4 Å². The van der Waals surface area contributed by atoms with Crippen LogP contribution in [-0.4, -0.2) is 67.3 Å². The summed E-state index contributed by atoms with van der Waals surface area (Å²) < 4.78 is 40.1. The molecule has 1 aliphatic heterocycles. The van der Waals surface area contributed by atoms with Crippen LogP contribution in [0.5, 0.6) is 0 Å². The molecule has 0 spiro atoms. The fourth-order valence-electron chi connectivity index (χ4n) is 5.07. The van der Waals surface area contributed by atoms with Gasteiger partial charge in [0.1, 0.15) is 17.5 Å². The van der Waals surface area contributed by atoms with Crippen molar-refractivity contribution in [2.24, 2.45) is 0 Å². The van der Waals surface area contributed by atoms with Crippen LogP contribution in [0.3, 0.4) is 0 Å². The van der Waals surface area contributed by atoms with Crippen molar-refractivity contribution >= 4 is 11.5 Å².